The zero-order chi connectivity index (χ0) is 16.2. The lowest BCUT2D eigenvalue weighted by Gasteiger charge is -2.32. The average Bonchev–Trinajstić information content (AvgIpc) is 3.29. The summed E-state index contributed by atoms with van der Waals surface area (Å²) in [6.45, 7) is 3.23. The van der Waals surface area contributed by atoms with E-state index in [0.717, 1.165) is 43.3 Å². The Labute approximate surface area is 145 Å². The maximum Gasteiger partial charge on any atom is 0.156 e. The number of H-pyrrole nitrogens is 1. The van der Waals surface area contributed by atoms with Gasteiger partial charge in [-0.3, -0.25) is 4.90 Å². The molecule has 124 valence electrons. The van der Waals surface area contributed by atoms with Gasteiger partial charge in [-0.15, -0.1) is 11.3 Å². The van der Waals surface area contributed by atoms with Crippen LogP contribution in [0.15, 0.2) is 35.7 Å². The molecule has 6 nitrogen and oxygen atoms in total. The van der Waals surface area contributed by atoms with Gasteiger partial charge in [0.05, 0.1) is 11.2 Å². The van der Waals surface area contributed by atoms with Gasteiger partial charge in [0.2, 0.25) is 0 Å². The molecular formula is C17H20N6S. The van der Waals surface area contributed by atoms with Crippen LogP contribution in [0, 0.1) is 5.92 Å². The Morgan fingerprint density at radius 3 is 3.04 bits per heavy atom. The topological polar surface area (TPSA) is 70.6 Å². The van der Waals surface area contributed by atoms with E-state index >= 15 is 0 Å². The molecule has 3 aromatic rings. The molecule has 1 aliphatic heterocycles. The first-order valence-electron chi connectivity index (χ1n) is 8.27. The molecule has 24 heavy (non-hydrogen) atoms. The van der Waals surface area contributed by atoms with Crippen molar-refractivity contribution in [1.82, 2.24) is 29.8 Å². The fraction of sp³-hybridized carbons (Fsp3) is 0.412. The van der Waals surface area contributed by atoms with Gasteiger partial charge in [0.1, 0.15) is 12.0 Å². The third-order valence-electron chi connectivity index (χ3n) is 4.43. The molecule has 0 saturated carbocycles. The number of rotatable bonds is 5. The molecule has 1 atom stereocenters. The maximum atomic E-state index is 4.46. The minimum absolute atomic E-state index is 0.636. The highest BCUT2D eigenvalue weighted by Gasteiger charge is 2.21. The summed E-state index contributed by atoms with van der Waals surface area (Å²) in [4.78, 5) is 23.1. The molecular weight excluding hydrogens is 320 g/mol. The van der Waals surface area contributed by atoms with Crippen LogP contribution >= 0.6 is 11.3 Å². The summed E-state index contributed by atoms with van der Waals surface area (Å²) in [6.07, 6.45) is 8.69. The van der Waals surface area contributed by atoms with Gasteiger partial charge >= 0.3 is 0 Å². The molecule has 0 aliphatic carbocycles. The van der Waals surface area contributed by atoms with Crippen molar-refractivity contribution in [3.05, 3.63) is 47.1 Å². The number of hydrogen-bond acceptors (Lipinski definition) is 6. The first kappa shape index (κ1) is 15.4. The summed E-state index contributed by atoms with van der Waals surface area (Å²) in [5.74, 6) is 1.43. The van der Waals surface area contributed by atoms with Crippen molar-refractivity contribution in [2.75, 3.05) is 13.1 Å². The predicted octanol–water partition coefficient (Wildman–Crippen LogP) is 2.78. The van der Waals surface area contributed by atoms with Crippen LogP contribution in [-0.2, 0) is 13.0 Å². The van der Waals surface area contributed by atoms with Crippen molar-refractivity contribution in [3.8, 4) is 11.5 Å². The number of likely N-dealkylation sites (tertiary alicyclic amines) is 1. The number of imidazole rings is 1. The molecule has 0 spiro atoms. The van der Waals surface area contributed by atoms with Gasteiger partial charge in [0.25, 0.3) is 0 Å². The number of thiazole rings is 1. The standard InChI is InChI=1S/C17H20N6S/c1-2-13(8-23(5-1)9-15-10-24-12-22-15)6-14-7-16(21-11-20-14)17-18-3-4-19-17/h3-4,7,10-13H,1-2,5-6,8-9H2,(H,18,19). The maximum absolute atomic E-state index is 4.46. The van der Waals surface area contributed by atoms with E-state index in [0.29, 0.717) is 5.92 Å². The number of piperidine rings is 1. The Bertz CT molecular complexity index is 755. The third-order valence-corrected chi connectivity index (χ3v) is 5.07. The van der Waals surface area contributed by atoms with Gasteiger partial charge in [-0.25, -0.2) is 19.9 Å². The zero-order valence-electron chi connectivity index (χ0n) is 13.4. The molecule has 1 aliphatic rings. The molecule has 1 fully saturated rings. The Kier molecular flexibility index (Phi) is 4.62. The lowest BCUT2D eigenvalue weighted by molar-refractivity contribution is 0.165. The summed E-state index contributed by atoms with van der Waals surface area (Å²) >= 11 is 1.67. The third kappa shape index (κ3) is 3.68. The van der Waals surface area contributed by atoms with Gasteiger partial charge in [0, 0.05) is 36.6 Å². The number of aromatic nitrogens is 5. The Morgan fingerprint density at radius 1 is 1.21 bits per heavy atom. The summed E-state index contributed by atoms with van der Waals surface area (Å²) in [7, 11) is 0. The molecule has 3 aromatic heterocycles. The SMILES string of the molecule is c1nc(CC2CCCN(Cc3cscn3)C2)cc(-c2ncc[nH]2)n1. The van der Waals surface area contributed by atoms with Crippen LogP contribution in [0.3, 0.4) is 0 Å². The van der Waals surface area contributed by atoms with Gasteiger partial charge < -0.3 is 4.98 Å². The van der Waals surface area contributed by atoms with Crippen molar-refractivity contribution in [2.45, 2.75) is 25.8 Å². The van der Waals surface area contributed by atoms with Crippen LogP contribution in [0.4, 0.5) is 0 Å². The van der Waals surface area contributed by atoms with Gasteiger partial charge in [-0.05, 0) is 37.8 Å². The van der Waals surface area contributed by atoms with Crippen LogP contribution in [-0.4, -0.2) is 42.9 Å². The molecule has 1 unspecified atom stereocenters. The van der Waals surface area contributed by atoms with Crippen LogP contribution in [0.1, 0.15) is 24.2 Å². The predicted molar refractivity (Wildman–Crippen MR) is 93.4 cm³/mol. The normalized spacial score (nSPS) is 18.8. The summed E-state index contributed by atoms with van der Waals surface area (Å²) in [5, 5.41) is 2.14. The van der Waals surface area contributed by atoms with E-state index in [4.69, 9.17) is 0 Å². The smallest absolute Gasteiger partial charge is 0.156 e. The fourth-order valence-electron chi connectivity index (χ4n) is 3.35. The minimum Gasteiger partial charge on any atom is -0.343 e. The second kappa shape index (κ2) is 7.19. The lowest BCUT2D eigenvalue weighted by atomic mass is 9.93. The van der Waals surface area contributed by atoms with E-state index in [1.165, 1.54) is 18.5 Å². The highest BCUT2D eigenvalue weighted by molar-refractivity contribution is 7.07. The van der Waals surface area contributed by atoms with E-state index in [1.807, 2.05) is 11.7 Å². The highest BCUT2D eigenvalue weighted by atomic mass is 32.1. The molecule has 0 aromatic carbocycles. The van der Waals surface area contributed by atoms with Crippen LogP contribution in [0.2, 0.25) is 0 Å². The van der Waals surface area contributed by atoms with Crippen molar-refractivity contribution in [1.29, 1.82) is 0 Å². The second-order valence-corrected chi connectivity index (χ2v) is 6.98. The largest absolute Gasteiger partial charge is 0.343 e. The summed E-state index contributed by atoms with van der Waals surface area (Å²) in [6, 6.07) is 2.05. The molecule has 1 saturated heterocycles. The molecule has 1 N–H and O–H groups in total. The number of nitrogens with one attached hydrogen (secondary N) is 1. The minimum atomic E-state index is 0.636. The van der Waals surface area contributed by atoms with Crippen LogP contribution in [0.5, 0.6) is 0 Å². The Balaban J connectivity index is 1.40. The highest BCUT2D eigenvalue weighted by Crippen LogP contribution is 2.22. The average molecular weight is 340 g/mol. The summed E-state index contributed by atoms with van der Waals surface area (Å²) in [5.41, 5.74) is 5.05. The van der Waals surface area contributed by atoms with Gasteiger partial charge in [-0.1, -0.05) is 0 Å². The lowest BCUT2D eigenvalue weighted by Crippen LogP contribution is -2.35. The number of nitrogens with zero attached hydrogens (tertiary/aromatic N) is 5. The Morgan fingerprint density at radius 2 is 2.21 bits per heavy atom. The van der Waals surface area contributed by atoms with Crippen molar-refractivity contribution >= 4 is 11.3 Å². The first-order valence-corrected chi connectivity index (χ1v) is 9.21. The fourth-order valence-corrected chi connectivity index (χ4v) is 3.90. The first-order chi connectivity index (χ1) is 11.9. The molecule has 4 rings (SSSR count). The quantitative estimate of drug-likeness (QED) is 0.773. The van der Waals surface area contributed by atoms with Crippen molar-refractivity contribution in [3.63, 3.8) is 0 Å². The van der Waals surface area contributed by atoms with Gasteiger partial charge in [-0.2, -0.15) is 0 Å². The van der Waals surface area contributed by atoms with E-state index in [2.05, 4.69) is 41.3 Å². The molecule has 7 heteroatoms. The van der Waals surface area contributed by atoms with E-state index < -0.39 is 0 Å². The van der Waals surface area contributed by atoms with Crippen molar-refractivity contribution < 1.29 is 0 Å². The molecule has 0 radical (unpaired) electrons. The number of hydrogen-bond donors (Lipinski definition) is 1. The molecule has 0 bridgehead atoms. The Hall–Kier alpha value is -2.12. The molecule has 0 amide bonds. The summed E-state index contributed by atoms with van der Waals surface area (Å²) < 4.78 is 0. The number of aromatic amines is 1. The van der Waals surface area contributed by atoms with Crippen LogP contribution < -0.4 is 0 Å². The van der Waals surface area contributed by atoms with E-state index in [1.54, 1.807) is 23.9 Å². The van der Waals surface area contributed by atoms with E-state index in [9.17, 15) is 0 Å². The van der Waals surface area contributed by atoms with Crippen LogP contribution in [0.25, 0.3) is 11.5 Å². The van der Waals surface area contributed by atoms with Gasteiger partial charge in [0.15, 0.2) is 5.82 Å². The second-order valence-electron chi connectivity index (χ2n) is 6.26. The molecule has 4 heterocycles. The van der Waals surface area contributed by atoms with Crippen molar-refractivity contribution in [2.24, 2.45) is 5.92 Å². The monoisotopic (exact) mass is 340 g/mol. The van der Waals surface area contributed by atoms with E-state index in [-0.39, 0.29) is 0 Å². The zero-order valence-corrected chi connectivity index (χ0v) is 14.2.